The summed E-state index contributed by atoms with van der Waals surface area (Å²) >= 11 is 0. The zero-order valence-electron chi connectivity index (χ0n) is 13.5. The summed E-state index contributed by atoms with van der Waals surface area (Å²) in [6.45, 7) is 7.50. The fraction of sp³-hybridized carbons (Fsp3) is 0.875. The molecule has 2 aliphatic rings. The Morgan fingerprint density at radius 3 is 2.38 bits per heavy atom. The molecular formula is C16H30N4O. The van der Waals surface area contributed by atoms with Gasteiger partial charge in [0.15, 0.2) is 5.96 Å². The number of nitrogens with zero attached hydrogens (tertiary/aromatic N) is 1. The molecule has 0 spiro atoms. The average molecular weight is 294 g/mol. The first-order valence-corrected chi connectivity index (χ1v) is 8.49. The first-order chi connectivity index (χ1) is 10.2. The first kappa shape index (κ1) is 16.1. The maximum Gasteiger partial charge on any atom is 0.223 e. The van der Waals surface area contributed by atoms with Crippen LogP contribution in [0.5, 0.6) is 0 Å². The molecule has 0 aliphatic heterocycles. The van der Waals surface area contributed by atoms with Gasteiger partial charge in [-0.05, 0) is 44.4 Å². The van der Waals surface area contributed by atoms with E-state index >= 15 is 0 Å². The molecule has 2 rings (SSSR count). The summed E-state index contributed by atoms with van der Waals surface area (Å²) in [6, 6.07) is 0. The molecule has 2 fully saturated rings. The van der Waals surface area contributed by atoms with E-state index in [2.05, 4.69) is 29.8 Å². The van der Waals surface area contributed by atoms with E-state index < -0.39 is 0 Å². The molecule has 0 atom stereocenters. The van der Waals surface area contributed by atoms with E-state index in [9.17, 15) is 4.79 Å². The van der Waals surface area contributed by atoms with Crippen molar-refractivity contribution in [3.63, 3.8) is 0 Å². The van der Waals surface area contributed by atoms with Crippen LogP contribution in [0.15, 0.2) is 4.99 Å². The van der Waals surface area contributed by atoms with E-state index in [0.29, 0.717) is 12.0 Å². The van der Waals surface area contributed by atoms with E-state index in [0.717, 1.165) is 38.4 Å². The van der Waals surface area contributed by atoms with Gasteiger partial charge in [-0.15, -0.1) is 0 Å². The molecule has 21 heavy (non-hydrogen) atoms. The van der Waals surface area contributed by atoms with Gasteiger partial charge < -0.3 is 16.0 Å². The summed E-state index contributed by atoms with van der Waals surface area (Å²) in [5, 5.41) is 9.55. The molecule has 0 heterocycles. The Hall–Kier alpha value is -1.26. The lowest BCUT2D eigenvalue weighted by Gasteiger charge is -2.40. The molecule has 0 aromatic rings. The number of amides is 1. The number of nitrogens with one attached hydrogen (secondary N) is 3. The van der Waals surface area contributed by atoms with Crippen LogP contribution in [0.25, 0.3) is 0 Å². The quantitative estimate of drug-likeness (QED) is 0.362. The topological polar surface area (TPSA) is 65.5 Å². The Morgan fingerprint density at radius 2 is 1.86 bits per heavy atom. The Morgan fingerprint density at radius 1 is 1.14 bits per heavy atom. The summed E-state index contributed by atoms with van der Waals surface area (Å²) < 4.78 is 0. The van der Waals surface area contributed by atoms with Crippen LogP contribution in [0.1, 0.15) is 52.4 Å². The van der Waals surface area contributed by atoms with E-state index in [1.165, 1.54) is 25.7 Å². The van der Waals surface area contributed by atoms with E-state index in [1.54, 1.807) is 0 Å². The fourth-order valence-electron chi connectivity index (χ4n) is 2.75. The van der Waals surface area contributed by atoms with Gasteiger partial charge in [0.05, 0.1) is 0 Å². The highest BCUT2D eigenvalue weighted by Crippen LogP contribution is 2.43. The van der Waals surface area contributed by atoms with Crippen molar-refractivity contribution < 1.29 is 4.79 Å². The predicted octanol–water partition coefficient (Wildman–Crippen LogP) is 1.65. The number of carbonyl (C=O) groups is 1. The van der Waals surface area contributed by atoms with Crippen molar-refractivity contribution in [2.24, 2.45) is 16.3 Å². The van der Waals surface area contributed by atoms with Crippen molar-refractivity contribution in [2.75, 3.05) is 26.2 Å². The summed E-state index contributed by atoms with van der Waals surface area (Å²) in [6.07, 6.45) is 7.30. The van der Waals surface area contributed by atoms with Crippen molar-refractivity contribution in [3.8, 4) is 0 Å². The number of aliphatic imine (C=N–C) groups is 1. The highest BCUT2D eigenvalue weighted by molar-refractivity contribution is 5.81. The summed E-state index contributed by atoms with van der Waals surface area (Å²) in [5.74, 6) is 1.37. The largest absolute Gasteiger partial charge is 0.357 e. The third-order valence-electron chi connectivity index (χ3n) is 4.75. The van der Waals surface area contributed by atoms with Crippen molar-refractivity contribution in [2.45, 2.75) is 52.4 Å². The Kier molecular flexibility index (Phi) is 5.88. The zero-order chi connectivity index (χ0) is 15.1. The van der Waals surface area contributed by atoms with Crippen LogP contribution in [0.2, 0.25) is 0 Å². The second-order valence-corrected chi connectivity index (χ2v) is 6.39. The molecule has 3 N–H and O–H groups in total. The summed E-state index contributed by atoms with van der Waals surface area (Å²) in [7, 11) is 0. The van der Waals surface area contributed by atoms with Crippen molar-refractivity contribution in [1.82, 2.24) is 16.0 Å². The van der Waals surface area contributed by atoms with Gasteiger partial charge >= 0.3 is 0 Å². The molecule has 0 bridgehead atoms. The van der Waals surface area contributed by atoms with Gasteiger partial charge in [0.1, 0.15) is 0 Å². The standard InChI is InChI=1S/C16H30N4O/c1-3-16(8-5-9-16)12-20-15(17-4-2)19-11-10-18-14(21)13-6-7-13/h13H,3-12H2,1-2H3,(H,18,21)(H2,17,19,20). The number of rotatable bonds is 8. The fourth-order valence-corrected chi connectivity index (χ4v) is 2.75. The normalized spacial score (nSPS) is 20.6. The van der Waals surface area contributed by atoms with Crippen LogP contribution in [0, 0.1) is 11.3 Å². The van der Waals surface area contributed by atoms with Gasteiger partial charge in [-0.3, -0.25) is 9.79 Å². The molecule has 0 saturated heterocycles. The molecule has 5 nitrogen and oxygen atoms in total. The lowest BCUT2D eigenvalue weighted by atomic mass is 9.67. The van der Waals surface area contributed by atoms with Gasteiger partial charge in [0, 0.05) is 32.1 Å². The van der Waals surface area contributed by atoms with Crippen LogP contribution in [-0.2, 0) is 4.79 Å². The highest BCUT2D eigenvalue weighted by atomic mass is 16.2. The third kappa shape index (κ3) is 4.90. The molecule has 1 amide bonds. The maximum absolute atomic E-state index is 11.5. The van der Waals surface area contributed by atoms with Crippen LogP contribution >= 0.6 is 0 Å². The summed E-state index contributed by atoms with van der Waals surface area (Å²) in [5.41, 5.74) is 0.447. The molecule has 5 heteroatoms. The molecular weight excluding hydrogens is 264 g/mol. The molecule has 2 saturated carbocycles. The van der Waals surface area contributed by atoms with Crippen LogP contribution in [-0.4, -0.2) is 38.0 Å². The van der Waals surface area contributed by atoms with E-state index in [4.69, 9.17) is 4.99 Å². The van der Waals surface area contributed by atoms with Crippen molar-refractivity contribution in [3.05, 3.63) is 0 Å². The number of guanidine groups is 1. The lowest BCUT2D eigenvalue weighted by Crippen LogP contribution is -2.43. The molecule has 0 unspecified atom stereocenters. The predicted molar refractivity (Wildman–Crippen MR) is 86.3 cm³/mol. The van der Waals surface area contributed by atoms with Gasteiger partial charge in [0.2, 0.25) is 5.91 Å². The second kappa shape index (κ2) is 7.66. The molecule has 2 aliphatic carbocycles. The minimum atomic E-state index is 0.207. The number of hydrogen-bond donors (Lipinski definition) is 3. The first-order valence-electron chi connectivity index (χ1n) is 8.49. The average Bonchev–Trinajstić information content (AvgIpc) is 3.26. The molecule has 0 aromatic heterocycles. The van der Waals surface area contributed by atoms with Gasteiger partial charge in [-0.1, -0.05) is 13.3 Å². The SMILES string of the molecule is CCNC(=NCC1(CC)CCC1)NCCNC(=O)C1CC1. The summed E-state index contributed by atoms with van der Waals surface area (Å²) in [4.78, 5) is 16.3. The van der Waals surface area contributed by atoms with Gasteiger partial charge in [-0.2, -0.15) is 0 Å². The van der Waals surface area contributed by atoms with Gasteiger partial charge in [-0.25, -0.2) is 0 Å². The van der Waals surface area contributed by atoms with Crippen LogP contribution in [0.4, 0.5) is 0 Å². The van der Waals surface area contributed by atoms with Crippen molar-refractivity contribution >= 4 is 11.9 Å². The Bertz CT molecular complexity index is 367. The molecule has 0 aromatic carbocycles. The second-order valence-electron chi connectivity index (χ2n) is 6.39. The minimum Gasteiger partial charge on any atom is -0.357 e. The Labute approximate surface area is 128 Å². The van der Waals surface area contributed by atoms with Crippen molar-refractivity contribution in [1.29, 1.82) is 0 Å². The monoisotopic (exact) mass is 294 g/mol. The highest BCUT2D eigenvalue weighted by Gasteiger charge is 2.34. The third-order valence-corrected chi connectivity index (χ3v) is 4.75. The lowest BCUT2D eigenvalue weighted by molar-refractivity contribution is -0.122. The Balaban J connectivity index is 1.68. The number of hydrogen-bond acceptors (Lipinski definition) is 2. The van der Waals surface area contributed by atoms with Crippen LogP contribution < -0.4 is 16.0 Å². The minimum absolute atomic E-state index is 0.207. The van der Waals surface area contributed by atoms with Gasteiger partial charge in [0.25, 0.3) is 0 Å². The smallest absolute Gasteiger partial charge is 0.223 e. The van der Waals surface area contributed by atoms with E-state index in [1.807, 2.05) is 0 Å². The number of carbonyl (C=O) groups excluding carboxylic acids is 1. The van der Waals surface area contributed by atoms with E-state index in [-0.39, 0.29) is 11.8 Å². The molecule has 0 radical (unpaired) electrons. The molecule has 120 valence electrons. The maximum atomic E-state index is 11.5. The zero-order valence-corrected chi connectivity index (χ0v) is 13.5. The van der Waals surface area contributed by atoms with Crippen LogP contribution in [0.3, 0.4) is 0 Å².